The normalized spacial score (nSPS) is 17.2. The molecule has 1 saturated heterocycles. The van der Waals surface area contributed by atoms with Gasteiger partial charge in [-0.2, -0.15) is 0 Å². The molecule has 0 saturated carbocycles. The van der Waals surface area contributed by atoms with E-state index in [9.17, 15) is 8.42 Å². The van der Waals surface area contributed by atoms with Crippen molar-refractivity contribution in [2.75, 3.05) is 30.3 Å². The summed E-state index contributed by atoms with van der Waals surface area (Å²) in [5.74, 6) is 1.28. The fourth-order valence-corrected chi connectivity index (χ4v) is 3.59. The highest BCUT2D eigenvalue weighted by molar-refractivity contribution is 7.92. The van der Waals surface area contributed by atoms with Crippen LogP contribution in [0.3, 0.4) is 0 Å². The number of ether oxygens (including phenoxy) is 2. The molecule has 1 fully saturated rings. The third kappa shape index (κ3) is 4.61. The maximum atomic E-state index is 12.4. The van der Waals surface area contributed by atoms with Crippen LogP contribution in [-0.2, 0) is 14.8 Å². The molecular weight excluding hydrogens is 342 g/mol. The average molecular weight is 363 g/mol. The Morgan fingerprint density at radius 1 is 1.24 bits per heavy atom. The van der Waals surface area contributed by atoms with Gasteiger partial charge in [-0.3, -0.25) is 4.72 Å². The lowest BCUT2D eigenvalue weighted by molar-refractivity contribution is 0.120. The first-order valence-corrected chi connectivity index (χ1v) is 9.53. The van der Waals surface area contributed by atoms with Gasteiger partial charge in [0.15, 0.2) is 0 Å². The van der Waals surface area contributed by atoms with E-state index in [4.69, 9.17) is 9.47 Å². The van der Waals surface area contributed by atoms with Gasteiger partial charge in [0, 0.05) is 13.2 Å². The van der Waals surface area contributed by atoms with Gasteiger partial charge in [-0.15, -0.1) is 0 Å². The van der Waals surface area contributed by atoms with E-state index in [-0.39, 0.29) is 11.0 Å². The van der Waals surface area contributed by atoms with Crippen molar-refractivity contribution in [3.63, 3.8) is 0 Å². The number of sulfonamides is 1. The van der Waals surface area contributed by atoms with Crippen LogP contribution in [0, 0.1) is 0 Å². The zero-order chi connectivity index (χ0) is 17.7. The molecule has 1 aromatic heterocycles. The fraction of sp³-hybridized carbons (Fsp3) is 0.353. The monoisotopic (exact) mass is 363 g/mol. The summed E-state index contributed by atoms with van der Waals surface area (Å²) in [6.07, 6.45) is 3.84. The maximum absolute atomic E-state index is 12.4. The van der Waals surface area contributed by atoms with Crippen LogP contribution in [0.4, 0.5) is 11.5 Å². The standard InChI is InChI=1S/C17H21N3O4S/c1-23-14-5-7-16(8-6-14)25(21,22)20-13-4-9-17(18-11-13)19-12-15-3-2-10-24-15/h4-9,11,15,20H,2-3,10,12H2,1H3,(H,18,19). The van der Waals surface area contributed by atoms with Crippen LogP contribution in [-0.4, -0.2) is 39.8 Å². The third-order valence-corrected chi connectivity index (χ3v) is 5.32. The van der Waals surface area contributed by atoms with E-state index in [0.717, 1.165) is 19.4 Å². The van der Waals surface area contributed by atoms with Gasteiger partial charge in [0.05, 0.1) is 30.0 Å². The van der Waals surface area contributed by atoms with Gasteiger partial charge in [-0.05, 0) is 49.2 Å². The lowest BCUT2D eigenvalue weighted by atomic mass is 10.2. The van der Waals surface area contributed by atoms with Crippen LogP contribution >= 0.6 is 0 Å². The van der Waals surface area contributed by atoms with Gasteiger partial charge < -0.3 is 14.8 Å². The molecule has 8 heteroatoms. The molecular formula is C17H21N3O4S. The molecule has 1 aliphatic rings. The van der Waals surface area contributed by atoms with E-state index in [0.29, 0.717) is 23.8 Å². The van der Waals surface area contributed by atoms with Gasteiger partial charge in [-0.1, -0.05) is 0 Å². The molecule has 2 N–H and O–H groups in total. The summed E-state index contributed by atoms with van der Waals surface area (Å²) in [5.41, 5.74) is 0.401. The van der Waals surface area contributed by atoms with E-state index in [2.05, 4.69) is 15.0 Å². The Morgan fingerprint density at radius 2 is 2.04 bits per heavy atom. The highest BCUT2D eigenvalue weighted by Crippen LogP contribution is 2.19. The molecule has 0 bridgehead atoms. The van der Waals surface area contributed by atoms with Gasteiger partial charge >= 0.3 is 0 Å². The van der Waals surface area contributed by atoms with Crippen molar-refractivity contribution in [1.82, 2.24) is 4.98 Å². The van der Waals surface area contributed by atoms with E-state index in [1.165, 1.54) is 25.4 Å². The second-order valence-corrected chi connectivity index (χ2v) is 7.41. The number of anilines is 2. The molecule has 0 aliphatic carbocycles. The Hall–Kier alpha value is -2.32. The van der Waals surface area contributed by atoms with Crippen LogP contribution < -0.4 is 14.8 Å². The molecule has 25 heavy (non-hydrogen) atoms. The number of methoxy groups -OCH3 is 1. The molecule has 2 aromatic rings. The lowest BCUT2D eigenvalue weighted by Gasteiger charge is -2.12. The summed E-state index contributed by atoms with van der Waals surface area (Å²) >= 11 is 0. The Balaban J connectivity index is 1.61. The van der Waals surface area contributed by atoms with Gasteiger partial charge in [0.1, 0.15) is 11.6 Å². The van der Waals surface area contributed by atoms with Gasteiger partial charge in [0.25, 0.3) is 10.0 Å². The van der Waals surface area contributed by atoms with Crippen LogP contribution in [0.25, 0.3) is 0 Å². The lowest BCUT2D eigenvalue weighted by Crippen LogP contribution is -2.19. The molecule has 1 aliphatic heterocycles. The summed E-state index contributed by atoms with van der Waals surface area (Å²) in [7, 11) is -2.13. The number of pyridine rings is 1. The molecule has 2 heterocycles. The minimum Gasteiger partial charge on any atom is -0.497 e. The number of aromatic nitrogens is 1. The predicted molar refractivity (Wildman–Crippen MR) is 95.5 cm³/mol. The van der Waals surface area contributed by atoms with E-state index in [1.807, 2.05) is 0 Å². The first kappa shape index (κ1) is 17.5. The second kappa shape index (κ2) is 7.71. The van der Waals surface area contributed by atoms with Crippen molar-refractivity contribution in [3.8, 4) is 5.75 Å². The third-order valence-electron chi connectivity index (χ3n) is 3.92. The number of nitrogens with one attached hydrogen (secondary N) is 2. The summed E-state index contributed by atoms with van der Waals surface area (Å²) in [6, 6.07) is 9.60. The van der Waals surface area contributed by atoms with Crippen molar-refractivity contribution in [1.29, 1.82) is 0 Å². The molecule has 3 rings (SSSR count). The Bertz CT molecular complexity index is 786. The van der Waals surface area contributed by atoms with E-state index < -0.39 is 10.0 Å². The summed E-state index contributed by atoms with van der Waals surface area (Å²) in [6.45, 7) is 1.51. The number of hydrogen-bond donors (Lipinski definition) is 2. The van der Waals surface area contributed by atoms with Gasteiger partial charge in [-0.25, -0.2) is 13.4 Å². The zero-order valence-electron chi connectivity index (χ0n) is 13.9. The van der Waals surface area contributed by atoms with Crippen molar-refractivity contribution in [3.05, 3.63) is 42.6 Å². The van der Waals surface area contributed by atoms with Crippen molar-refractivity contribution in [2.24, 2.45) is 0 Å². The Morgan fingerprint density at radius 3 is 2.64 bits per heavy atom. The SMILES string of the molecule is COc1ccc(S(=O)(=O)Nc2ccc(NCC3CCCO3)nc2)cc1. The zero-order valence-corrected chi connectivity index (χ0v) is 14.8. The maximum Gasteiger partial charge on any atom is 0.261 e. The largest absolute Gasteiger partial charge is 0.497 e. The number of benzene rings is 1. The number of hydrogen-bond acceptors (Lipinski definition) is 6. The van der Waals surface area contributed by atoms with Crippen molar-refractivity contribution in [2.45, 2.75) is 23.8 Å². The molecule has 0 radical (unpaired) electrons. The van der Waals surface area contributed by atoms with Crippen LogP contribution in [0.5, 0.6) is 5.75 Å². The molecule has 0 amide bonds. The average Bonchev–Trinajstić information content (AvgIpc) is 3.14. The second-order valence-electron chi connectivity index (χ2n) is 5.73. The van der Waals surface area contributed by atoms with Crippen LogP contribution in [0.1, 0.15) is 12.8 Å². The summed E-state index contributed by atoms with van der Waals surface area (Å²) < 4.78 is 37.8. The van der Waals surface area contributed by atoms with Crippen molar-refractivity contribution >= 4 is 21.5 Å². The Labute approximate surface area is 147 Å². The van der Waals surface area contributed by atoms with Crippen LogP contribution in [0.15, 0.2) is 47.5 Å². The molecule has 0 spiro atoms. The highest BCUT2D eigenvalue weighted by atomic mass is 32.2. The molecule has 7 nitrogen and oxygen atoms in total. The Kier molecular flexibility index (Phi) is 5.40. The minimum absolute atomic E-state index is 0.161. The summed E-state index contributed by atoms with van der Waals surface area (Å²) in [5, 5.41) is 3.19. The number of nitrogens with zero attached hydrogens (tertiary/aromatic N) is 1. The smallest absolute Gasteiger partial charge is 0.261 e. The van der Waals surface area contributed by atoms with E-state index in [1.54, 1.807) is 24.3 Å². The van der Waals surface area contributed by atoms with E-state index >= 15 is 0 Å². The minimum atomic E-state index is -3.66. The van der Waals surface area contributed by atoms with Crippen LogP contribution in [0.2, 0.25) is 0 Å². The summed E-state index contributed by atoms with van der Waals surface area (Å²) in [4.78, 5) is 4.39. The molecule has 1 atom stereocenters. The van der Waals surface area contributed by atoms with Gasteiger partial charge in [0.2, 0.25) is 0 Å². The first-order chi connectivity index (χ1) is 12.1. The van der Waals surface area contributed by atoms with Crippen molar-refractivity contribution < 1.29 is 17.9 Å². The molecule has 134 valence electrons. The topological polar surface area (TPSA) is 89.6 Å². The molecule has 1 unspecified atom stereocenters. The quantitative estimate of drug-likeness (QED) is 0.786. The first-order valence-electron chi connectivity index (χ1n) is 8.05. The fourth-order valence-electron chi connectivity index (χ4n) is 2.55. The molecule has 1 aromatic carbocycles. The predicted octanol–water partition coefficient (Wildman–Crippen LogP) is 2.48. The highest BCUT2D eigenvalue weighted by Gasteiger charge is 2.16. The number of rotatable bonds is 7.